The summed E-state index contributed by atoms with van der Waals surface area (Å²) in [6.45, 7) is 0. The van der Waals surface area contributed by atoms with Crippen molar-refractivity contribution in [3.05, 3.63) is 29.3 Å². The Bertz CT molecular complexity index is 412. The zero-order chi connectivity index (χ0) is 15.1. The van der Waals surface area contributed by atoms with E-state index in [0.717, 1.165) is 11.1 Å². The zero-order valence-electron chi connectivity index (χ0n) is 10.1. The van der Waals surface area contributed by atoms with E-state index < -0.39 is 11.7 Å². The number of hydrazine groups is 2. The lowest BCUT2D eigenvalue weighted by Gasteiger charge is -2.20. The highest BCUT2D eigenvalue weighted by Crippen LogP contribution is 2.36. The van der Waals surface area contributed by atoms with E-state index in [4.69, 9.17) is 10.6 Å². The van der Waals surface area contributed by atoms with Crippen molar-refractivity contribution in [2.24, 2.45) is 11.7 Å². The molecule has 1 amide bonds. The van der Waals surface area contributed by atoms with Crippen molar-refractivity contribution in [1.82, 2.24) is 5.43 Å². The Morgan fingerprint density at radius 3 is 2.32 bits per heavy atom. The number of hydrogen-bond acceptors (Lipinski definition) is 5. The van der Waals surface area contributed by atoms with Gasteiger partial charge in [-0.3, -0.25) is 10.2 Å². The van der Waals surface area contributed by atoms with E-state index >= 15 is 0 Å². The number of carbonyl (C=O) groups is 1. The Hall–Kier alpha value is -1.45. The molecule has 5 nitrogen and oxygen atoms in total. The summed E-state index contributed by atoms with van der Waals surface area (Å²) in [5.74, 6) is 9.84. The number of rotatable bonds is 3. The van der Waals surface area contributed by atoms with Crippen LogP contribution in [-0.2, 0) is 16.7 Å². The third kappa shape index (κ3) is 5.37. The molecule has 19 heavy (non-hydrogen) atoms. The number of halogens is 3. The Labute approximate surface area is 114 Å². The summed E-state index contributed by atoms with van der Waals surface area (Å²) in [5, 5.41) is 1.15. The monoisotopic (exact) mass is 296 g/mol. The maximum Gasteiger partial charge on any atom is 0.416 e. The second-order valence-corrected chi connectivity index (χ2v) is 3.67. The predicted molar refractivity (Wildman–Crippen MR) is 70.1 cm³/mol. The zero-order valence-corrected chi connectivity index (χ0v) is 11.0. The van der Waals surface area contributed by atoms with E-state index in [1.807, 2.05) is 0 Å². The molecule has 9 heteroatoms. The molecule has 1 aromatic rings. The smallest absolute Gasteiger partial charge is 0.314 e. The van der Waals surface area contributed by atoms with Crippen molar-refractivity contribution in [2.45, 2.75) is 11.9 Å². The molecule has 0 unspecified atom stereocenters. The standard InChI is InChI=1S/C9H11F3N2S.CH4N2O/c1-14(13)8-4-2-3-7(6(8)5-15)9(10,11)12;2-3-1-4/h2-4,15H,5,13H2,1H3;1H,2H2,(H,3,4). The fourth-order valence-electron chi connectivity index (χ4n) is 1.34. The van der Waals surface area contributed by atoms with Crippen molar-refractivity contribution >= 4 is 24.7 Å². The van der Waals surface area contributed by atoms with Crippen molar-refractivity contribution in [3.8, 4) is 0 Å². The van der Waals surface area contributed by atoms with Crippen LogP contribution in [-0.4, -0.2) is 13.5 Å². The van der Waals surface area contributed by atoms with Gasteiger partial charge in [-0.2, -0.15) is 25.8 Å². The molecule has 0 fully saturated rings. The topological polar surface area (TPSA) is 84.4 Å². The van der Waals surface area contributed by atoms with Crippen molar-refractivity contribution < 1.29 is 18.0 Å². The maximum atomic E-state index is 12.6. The van der Waals surface area contributed by atoms with Crippen molar-refractivity contribution in [3.63, 3.8) is 0 Å². The third-order valence-electron chi connectivity index (χ3n) is 2.06. The fourth-order valence-corrected chi connectivity index (χ4v) is 1.67. The first-order valence-electron chi connectivity index (χ1n) is 4.97. The lowest BCUT2D eigenvalue weighted by molar-refractivity contribution is -0.138. The molecule has 0 aliphatic heterocycles. The van der Waals surface area contributed by atoms with Gasteiger partial charge in [0.2, 0.25) is 6.41 Å². The molecule has 0 aromatic heterocycles. The number of anilines is 1. The first-order valence-corrected chi connectivity index (χ1v) is 5.61. The lowest BCUT2D eigenvalue weighted by Crippen LogP contribution is -2.27. The van der Waals surface area contributed by atoms with Crippen molar-refractivity contribution in [2.75, 3.05) is 12.1 Å². The van der Waals surface area contributed by atoms with E-state index in [-0.39, 0.29) is 11.3 Å². The maximum absolute atomic E-state index is 12.6. The van der Waals surface area contributed by atoms with Crippen LogP contribution in [0.15, 0.2) is 18.2 Å². The first kappa shape index (κ1) is 17.6. The van der Waals surface area contributed by atoms with Crippen LogP contribution in [0.5, 0.6) is 0 Å². The number of thiol groups is 1. The van der Waals surface area contributed by atoms with Crippen LogP contribution in [0, 0.1) is 0 Å². The van der Waals surface area contributed by atoms with Gasteiger partial charge in [0, 0.05) is 12.8 Å². The molecule has 5 N–H and O–H groups in total. The Kier molecular flexibility index (Phi) is 7.27. The minimum Gasteiger partial charge on any atom is -0.314 e. The van der Waals surface area contributed by atoms with E-state index in [1.165, 1.54) is 19.2 Å². The van der Waals surface area contributed by atoms with E-state index in [9.17, 15) is 13.2 Å². The highest BCUT2D eigenvalue weighted by Gasteiger charge is 2.33. The average molecular weight is 296 g/mol. The molecule has 1 aromatic carbocycles. The SMILES string of the molecule is CN(N)c1cccc(C(F)(F)F)c1CS.NNC=O. The van der Waals surface area contributed by atoms with Gasteiger partial charge in [0.1, 0.15) is 0 Å². The molecule has 0 heterocycles. The summed E-state index contributed by atoms with van der Waals surface area (Å²) in [4.78, 5) is 8.94. The second kappa shape index (κ2) is 7.87. The largest absolute Gasteiger partial charge is 0.416 e. The van der Waals surface area contributed by atoms with Gasteiger partial charge in [-0.1, -0.05) is 6.07 Å². The van der Waals surface area contributed by atoms with E-state index in [0.29, 0.717) is 12.1 Å². The Morgan fingerprint density at radius 1 is 1.47 bits per heavy atom. The molecular weight excluding hydrogens is 281 g/mol. The predicted octanol–water partition coefficient (Wildman–Crippen LogP) is 1.05. The first-order chi connectivity index (χ1) is 8.79. The number of nitrogens with zero attached hydrogens (tertiary/aromatic N) is 1. The molecule has 0 aliphatic rings. The van der Waals surface area contributed by atoms with Gasteiger partial charge >= 0.3 is 6.18 Å². The van der Waals surface area contributed by atoms with Crippen LogP contribution < -0.4 is 22.1 Å². The summed E-state index contributed by atoms with van der Waals surface area (Å²) >= 11 is 3.89. The van der Waals surface area contributed by atoms with Gasteiger partial charge in [0.25, 0.3) is 0 Å². The van der Waals surface area contributed by atoms with Gasteiger partial charge < -0.3 is 5.01 Å². The van der Waals surface area contributed by atoms with Gasteiger partial charge in [-0.25, -0.2) is 11.7 Å². The van der Waals surface area contributed by atoms with Crippen LogP contribution in [0.3, 0.4) is 0 Å². The summed E-state index contributed by atoms with van der Waals surface area (Å²) < 4.78 is 37.8. The lowest BCUT2D eigenvalue weighted by atomic mass is 10.1. The number of hydrogen-bond donors (Lipinski definition) is 4. The van der Waals surface area contributed by atoms with Gasteiger partial charge in [0.15, 0.2) is 0 Å². The van der Waals surface area contributed by atoms with Crippen LogP contribution in [0.25, 0.3) is 0 Å². The van der Waals surface area contributed by atoms with E-state index in [2.05, 4.69) is 18.5 Å². The number of alkyl halides is 3. The van der Waals surface area contributed by atoms with Crippen LogP contribution >= 0.6 is 12.6 Å². The summed E-state index contributed by atoms with van der Waals surface area (Å²) in [6.07, 6.45) is -3.97. The molecule has 1 rings (SSSR count). The molecule has 0 aliphatic carbocycles. The van der Waals surface area contributed by atoms with Crippen LogP contribution in [0.1, 0.15) is 11.1 Å². The van der Waals surface area contributed by atoms with Crippen molar-refractivity contribution in [1.29, 1.82) is 0 Å². The highest BCUT2D eigenvalue weighted by molar-refractivity contribution is 7.79. The molecular formula is C10H15F3N4OS. The molecule has 0 spiro atoms. The highest BCUT2D eigenvalue weighted by atomic mass is 32.1. The number of benzene rings is 1. The Morgan fingerprint density at radius 2 is 2.00 bits per heavy atom. The minimum atomic E-state index is -4.37. The van der Waals surface area contributed by atoms with Gasteiger partial charge in [-0.05, 0) is 17.7 Å². The minimum absolute atomic E-state index is 0.00738. The Balaban J connectivity index is 0.000000711. The molecule has 0 saturated carbocycles. The average Bonchev–Trinajstić information content (AvgIpc) is 2.36. The molecule has 0 radical (unpaired) electrons. The molecule has 108 valence electrons. The number of carbonyl (C=O) groups excluding carboxylic acids is 1. The summed E-state index contributed by atoms with van der Waals surface area (Å²) in [5.41, 5.74) is 1.49. The summed E-state index contributed by atoms with van der Waals surface area (Å²) in [7, 11) is 1.49. The molecule has 0 saturated heterocycles. The van der Waals surface area contributed by atoms with Gasteiger partial charge in [0.05, 0.1) is 11.3 Å². The number of nitrogens with one attached hydrogen (secondary N) is 1. The van der Waals surface area contributed by atoms with E-state index in [1.54, 1.807) is 5.43 Å². The molecule has 0 bridgehead atoms. The second-order valence-electron chi connectivity index (χ2n) is 3.35. The fraction of sp³-hybridized carbons (Fsp3) is 0.300. The third-order valence-corrected chi connectivity index (χ3v) is 2.38. The quantitative estimate of drug-likeness (QED) is 0.221. The van der Waals surface area contributed by atoms with Gasteiger partial charge in [-0.15, -0.1) is 0 Å². The molecule has 0 atom stereocenters. The normalized spacial score (nSPS) is 10.3. The van der Waals surface area contributed by atoms with Crippen LogP contribution in [0.2, 0.25) is 0 Å². The van der Waals surface area contributed by atoms with Crippen LogP contribution in [0.4, 0.5) is 18.9 Å². The number of amides is 1. The number of nitrogens with two attached hydrogens (primary N) is 2. The summed E-state index contributed by atoms with van der Waals surface area (Å²) in [6, 6.07) is 3.88.